The zero-order chi connectivity index (χ0) is 14.3. The summed E-state index contributed by atoms with van der Waals surface area (Å²) in [6, 6.07) is 5.13. The molecule has 0 saturated carbocycles. The topological polar surface area (TPSA) is 58.4 Å². The number of non-ortho nitro benzene ring substituents is 1. The average molecular weight is 279 g/mol. The lowest BCUT2D eigenvalue weighted by Crippen LogP contribution is -2.48. The van der Waals surface area contributed by atoms with Gasteiger partial charge in [0.25, 0.3) is 5.69 Å². The summed E-state index contributed by atoms with van der Waals surface area (Å²) in [5.41, 5.74) is 0.321. The molecule has 2 aliphatic heterocycles. The minimum Gasteiger partial charge on any atom is -0.363 e. The smallest absolute Gasteiger partial charge is 0.272 e. The molecule has 2 saturated heterocycles. The van der Waals surface area contributed by atoms with Crippen LogP contribution >= 0.6 is 0 Å². The van der Waals surface area contributed by atoms with Crippen molar-refractivity contribution in [3.05, 3.63) is 34.1 Å². The van der Waals surface area contributed by atoms with Gasteiger partial charge < -0.3 is 10.2 Å². The first-order valence-corrected chi connectivity index (χ1v) is 6.99. The van der Waals surface area contributed by atoms with E-state index in [1.807, 2.05) is 7.05 Å². The lowest BCUT2D eigenvalue weighted by Gasteiger charge is -2.40. The van der Waals surface area contributed by atoms with Crippen LogP contribution in [0.4, 0.5) is 15.8 Å². The molecule has 2 bridgehead atoms. The van der Waals surface area contributed by atoms with Crippen molar-refractivity contribution in [1.29, 1.82) is 0 Å². The van der Waals surface area contributed by atoms with Gasteiger partial charge in [0.2, 0.25) is 0 Å². The van der Waals surface area contributed by atoms with Gasteiger partial charge in [0.15, 0.2) is 5.82 Å². The third kappa shape index (κ3) is 2.14. The minimum atomic E-state index is -0.561. The summed E-state index contributed by atoms with van der Waals surface area (Å²) in [5, 5.41) is 14.0. The number of rotatable bonds is 3. The first kappa shape index (κ1) is 13.3. The van der Waals surface area contributed by atoms with E-state index in [4.69, 9.17) is 0 Å². The van der Waals surface area contributed by atoms with Gasteiger partial charge in [0.05, 0.1) is 16.7 Å². The number of hydrogen-bond acceptors (Lipinski definition) is 4. The quantitative estimate of drug-likeness (QED) is 0.682. The largest absolute Gasteiger partial charge is 0.363 e. The second kappa shape index (κ2) is 5.01. The SMILES string of the molecule is CNC1CC2CCC(C1)N2c1ccc([N+](=O)[O-])cc1F. The van der Waals surface area contributed by atoms with E-state index in [9.17, 15) is 14.5 Å². The highest BCUT2D eigenvalue weighted by molar-refractivity contribution is 5.55. The van der Waals surface area contributed by atoms with Crippen LogP contribution in [0.5, 0.6) is 0 Å². The summed E-state index contributed by atoms with van der Waals surface area (Å²) in [6.07, 6.45) is 4.14. The van der Waals surface area contributed by atoms with Gasteiger partial charge in [-0.05, 0) is 38.8 Å². The fourth-order valence-corrected chi connectivity index (χ4v) is 3.62. The van der Waals surface area contributed by atoms with E-state index in [-0.39, 0.29) is 5.69 Å². The van der Waals surface area contributed by atoms with Crippen LogP contribution in [0.25, 0.3) is 0 Å². The van der Waals surface area contributed by atoms with E-state index in [0.29, 0.717) is 23.8 Å². The molecule has 2 unspecified atom stereocenters. The number of nitrogens with one attached hydrogen (secondary N) is 1. The second-order valence-corrected chi connectivity index (χ2v) is 5.64. The van der Waals surface area contributed by atoms with Crippen LogP contribution in [0.15, 0.2) is 18.2 Å². The number of piperidine rings is 1. The summed E-state index contributed by atoms with van der Waals surface area (Å²) in [6.45, 7) is 0. The van der Waals surface area contributed by atoms with Crippen LogP contribution in [-0.4, -0.2) is 30.1 Å². The number of halogens is 1. The van der Waals surface area contributed by atoms with Crippen LogP contribution in [-0.2, 0) is 0 Å². The number of nitro benzene ring substituents is 1. The van der Waals surface area contributed by atoms with Crippen LogP contribution in [0.2, 0.25) is 0 Å². The molecule has 20 heavy (non-hydrogen) atoms. The maximum absolute atomic E-state index is 14.2. The first-order valence-electron chi connectivity index (χ1n) is 6.99. The number of hydrogen-bond donors (Lipinski definition) is 1. The highest BCUT2D eigenvalue weighted by Gasteiger charge is 2.41. The zero-order valence-corrected chi connectivity index (χ0v) is 11.4. The van der Waals surface area contributed by atoms with E-state index in [1.165, 1.54) is 6.07 Å². The van der Waals surface area contributed by atoms with Gasteiger partial charge in [-0.2, -0.15) is 0 Å². The summed E-state index contributed by atoms with van der Waals surface area (Å²) in [5.74, 6) is -0.487. The molecule has 1 N–H and O–H groups in total. The number of fused-ring (bicyclic) bond motifs is 2. The van der Waals surface area contributed by atoms with E-state index in [2.05, 4.69) is 10.2 Å². The molecular formula is C14H18FN3O2. The lowest BCUT2D eigenvalue weighted by molar-refractivity contribution is -0.385. The molecule has 108 valence electrons. The average Bonchev–Trinajstić information content (AvgIpc) is 2.69. The molecule has 3 rings (SSSR count). The van der Waals surface area contributed by atoms with Crippen LogP contribution in [0, 0.1) is 15.9 Å². The van der Waals surface area contributed by atoms with Gasteiger partial charge in [-0.3, -0.25) is 10.1 Å². The van der Waals surface area contributed by atoms with Crippen molar-refractivity contribution in [3.63, 3.8) is 0 Å². The normalized spacial score (nSPS) is 28.7. The van der Waals surface area contributed by atoms with Gasteiger partial charge in [-0.25, -0.2) is 4.39 Å². The maximum Gasteiger partial charge on any atom is 0.272 e. The molecule has 6 heteroatoms. The van der Waals surface area contributed by atoms with Crippen molar-refractivity contribution in [2.45, 2.75) is 43.8 Å². The second-order valence-electron chi connectivity index (χ2n) is 5.64. The summed E-state index contributed by atoms with van der Waals surface area (Å²) >= 11 is 0. The van der Waals surface area contributed by atoms with E-state index in [0.717, 1.165) is 31.7 Å². The van der Waals surface area contributed by atoms with Crippen LogP contribution < -0.4 is 10.2 Å². The summed E-state index contributed by atoms with van der Waals surface area (Å²) < 4.78 is 14.2. The Kier molecular flexibility index (Phi) is 3.33. The van der Waals surface area contributed by atoms with Crippen molar-refractivity contribution >= 4 is 11.4 Å². The number of nitro groups is 1. The Labute approximate surface area is 116 Å². The summed E-state index contributed by atoms with van der Waals surface area (Å²) in [7, 11) is 1.96. The molecule has 0 spiro atoms. The predicted molar refractivity (Wildman–Crippen MR) is 74.4 cm³/mol. The Balaban J connectivity index is 1.89. The molecule has 1 aromatic rings. The van der Waals surface area contributed by atoms with Crippen molar-refractivity contribution < 1.29 is 9.31 Å². The molecule has 2 heterocycles. The minimum absolute atomic E-state index is 0.191. The standard InChI is InChI=1S/C14H18FN3O2/c1-16-9-6-10-2-3-11(7-9)17(10)14-5-4-12(18(19)20)8-13(14)15/h4-5,8-11,16H,2-3,6-7H2,1H3. The monoisotopic (exact) mass is 279 g/mol. The van der Waals surface area contributed by atoms with Gasteiger partial charge in [-0.15, -0.1) is 0 Å². The van der Waals surface area contributed by atoms with Gasteiger partial charge in [0, 0.05) is 24.2 Å². The highest BCUT2D eigenvalue weighted by Crippen LogP contribution is 2.40. The molecule has 2 aliphatic rings. The number of anilines is 1. The summed E-state index contributed by atoms with van der Waals surface area (Å²) in [4.78, 5) is 12.3. The molecule has 0 aromatic heterocycles. The van der Waals surface area contributed by atoms with Crippen molar-refractivity contribution in [1.82, 2.24) is 5.32 Å². The van der Waals surface area contributed by atoms with Crippen LogP contribution in [0.3, 0.4) is 0 Å². The molecule has 5 nitrogen and oxygen atoms in total. The first-order chi connectivity index (χ1) is 9.60. The molecule has 2 fully saturated rings. The Morgan fingerprint density at radius 1 is 1.35 bits per heavy atom. The van der Waals surface area contributed by atoms with Gasteiger partial charge >= 0.3 is 0 Å². The van der Waals surface area contributed by atoms with Gasteiger partial charge in [-0.1, -0.05) is 0 Å². The van der Waals surface area contributed by atoms with Crippen molar-refractivity contribution in [2.75, 3.05) is 11.9 Å². The molecule has 0 radical (unpaired) electrons. The Hall–Kier alpha value is -1.69. The Morgan fingerprint density at radius 3 is 2.50 bits per heavy atom. The number of nitrogens with zero attached hydrogens (tertiary/aromatic N) is 2. The fraction of sp³-hybridized carbons (Fsp3) is 0.571. The molecule has 2 atom stereocenters. The van der Waals surface area contributed by atoms with E-state index < -0.39 is 10.7 Å². The van der Waals surface area contributed by atoms with Crippen molar-refractivity contribution in [2.24, 2.45) is 0 Å². The van der Waals surface area contributed by atoms with E-state index in [1.54, 1.807) is 6.07 Å². The molecule has 0 aliphatic carbocycles. The van der Waals surface area contributed by atoms with Crippen molar-refractivity contribution in [3.8, 4) is 0 Å². The highest BCUT2D eigenvalue weighted by atomic mass is 19.1. The number of benzene rings is 1. The Bertz CT molecular complexity index is 523. The maximum atomic E-state index is 14.2. The third-order valence-electron chi connectivity index (χ3n) is 4.56. The fourth-order valence-electron chi connectivity index (χ4n) is 3.62. The molecule has 1 aromatic carbocycles. The third-order valence-corrected chi connectivity index (χ3v) is 4.56. The van der Waals surface area contributed by atoms with E-state index >= 15 is 0 Å². The lowest BCUT2D eigenvalue weighted by atomic mass is 9.96. The predicted octanol–water partition coefficient (Wildman–Crippen LogP) is 2.45. The van der Waals surface area contributed by atoms with Gasteiger partial charge in [0.1, 0.15) is 0 Å². The zero-order valence-electron chi connectivity index (χ0n) is 11.4. The Morgan fingerprint density at radius 2 is 2.00 bits per heavy atom. The molecule has 0 amide bonds. The molecular weight excluding hydrogens is 261 g/mol. The van der Waals surface area contributed by atoms with Crippen LogP contribution in [0.1, 0.15) is 25.7 Å².